The summed E-state index contributed by atoms with van der Waals surface area (Å²) in [6.07, 6.45) is 0. The van der Waals surface area contributed by atoms with E-state index >= 15 is 0 Å². The van der Waals surface area contributed by atoms with Crippen molar-refractivity contribution in [1.29, 1.82) is 0 Å². The van der Waals surface area contributed by atoms with Crippen LogP contribution in [0.4, 0.5) is 4.39 Å². The van der Waals surface area contributed by atoms with Crippen LogP contribution in [0.1, 0.15) is 18.4 Å². The molecule has 3 rings (SSSR count). The standard InChI is InChI=1S/C19H19ClFNO3S2/c1-2-25-11-19(18(22)26)16(12-3-7-14(21)8-4-12)17(19)27(23,24)15-9-5-13(20)6-10-15/h3-10,16-17H,2,11H2,1H3,(H2,22,26)/t16-,17+,19+/m1/s1. The molecule has 0 unspecified atom stereocenters. The minimum Gasteiger partial charge on any atom is -0.393 e. The monoisotopic (exact) mass is 427 g/mol. The van der Waals surface area contributed by atoms with Gasteiger partial charge in [-0.1, -0.05) is 36.0 Å². The predicted molar refractivity (Wildman–Crippen MR) is 107 cm³/mol. The summed E-state index contributed by atoms with van der Waals surface area (Å²) < 4.78 is 45.6. The quantitative estimate of drug-likeness (QED) is 0.682. The second kappa shape index (κ2) is 7.47. The molecule has 0 saturated heterocycles. The molecule has 1 aliphatic rings. The van der Waals surface area contributed by atoms with Gasteiger partial charge in [-0.25, -0.2) is 12.8 Å². The van der Waals surface area contributed by atoms with Gasteiger partial charge in [-0.15, -0.1) is 0 Å². The van der Waals surface area contributed by atoms with Crippen molar-refractivity contribution in [2.75, 3.05) is 13.2 Å². The number of sulfone groups is 1. The number of nitrogens with two attached hydrogens (primary N) is 1. The molecule has 1 saturated carbocycles. The minimum absolute atomic E-state index is 0.0767. The third-order valence-electron chi connectivity index (χ3n) is 4.97. The van der Waals surface area contributed by atoms with Crippen LogP contribution in [0.3, 0.4) is 0 Å². The zero-order chi connectivity index (χ0) is 19.8. The van der Waals surface area contributed by atoms with E-state index < -0.39 is 32.2 Å². The molecule has 1 aliphatic carbocycles. The van der Waals surface area contributed by atoms with Crippen molar-refractivity contribution >= 4 is 38.6 Å². The SMILES string of the molecule is CCOC[C@]1(C(N)=S)[C@H](c2ccc(F)cc2)[C@@H]1S(=O)(=O)c1ccc(Cl)cc1. The van der Waals surface area contributed by atoms with Crippen LogP contribution in [-0.2, 0) is 14.6 Å². The van der Waals surface area contributed by atoms with Gasteiger partial charge in [0.15, 0.2) is 9.84 Å². The van der Waals surface area contributed by atoms with E-state index in [1.165, 1.54) is 36.4 Å². The first kappa shape index (κ1) is 20.2. The highest BCUT2D eigenvalue weighted by Gasteiger charge is 2.73. The first-order valence-corrected chi connectivity index (χ1v) is 10.7. The lowest BCUT2D eigenvalue weighted by Crippen LogP contribution is -2.33. The van der Waals surface area contributed by atoms with Gasteiger partial charge in [-0.3, -0.25) is 0 Å². The molecule has 3 atom stereocenters. The fourth-order valence-electron chi connectivity index (χ4n) is 3.58. The molecule has 2 N–H and O–H groups in total. The summed E-state index contributed by atoms with van der Waals surface area (Å²) in [5.41, 5.74) is 5.63. The Morgan fingerprint density at radius 1 is 1.22 bits per heavy atom. The van der Waals surface area contributed by atoms with Crippen molar-refractivity contribution in [3.05, 3.63) is 64.9 Å². The summed E-state index contributed by atoms with van der Waals surface area (Å²) in [6.45, 7) is 2.29. The van der Waals surface area contributed by atoms with Gasteiger partial charge in [0.25, 0.3) is 0 Å². The van der Waals surface area contributed by atoms with Crippen LogP contribution in [0.2, 0.25) is 5.02 Å². The van der Waals surface area contributed by atoms with Crippen LogP contribution in [0, 0.1) is 11.2 Å². The molecule has 4 nitrogen and oxygen atoms in total. The summed E-state index contributed by atoms with van der Waals surface area (Å²) >= 11 is 11.1. The molecule has 2 aromatic rings. The number of thiocarbonyl (C=S) groups is 1. The lowest BCUT2D eigenvalue weighted by Gasteiger charge is -2.17. The second-order valence-corrected chi connectivity index (χ2v) is 9.44. The van der Waals surface area contributed by atoms with E-state index in [1.54, 1.807) is 12.1 Å². The van der Waals surface area contributed by atoms with Crippen molar-refractivity contribution in [3.8, 4) is 0 Å². The Bertz CT molecular complexity index is 948. The van der Waals surface area contributed by atoms with Gasteiger partial charge < -0.3 is 10.5 Å². The Balaban J connectivity index is 2.10. The average molecular weight is 428 g/mol. The molecule has 1 fully saturated rings. The van der Waals surface area contributed by atoms with Gasteiger partial charge in [-0.05, 0) is 48.9 Å². The van der Waals surface area contributed by atoms with Gasteiger partial charge in [0, 0.05) is 17.5 Å². The van der Waals surface area contributed by atoms with E-state index in [4.69, 9.17) is 34.3 Å². The van der Waals surface area contributed by atoms with Crippen LogP contribution in [0.15, 0.2) is 53.4 Å². The zero-order valence-corrected chi connectivity index (χ0v) is 17.0. The number of ether oxygens (including phenoxy) is 1. The number of rotatable bonds is 7. The summed E-state index contributed by atoms with van der Waals surface area (Å²) in [7, 11) is -3.77. The fourth-order valence-corrected chi connectivity index (χ4v) is 6.48. The Hall–Kier alpha value is -1.54. The summed E-state index contributed by atoms with van der Waals surface area (Å²) in [5, 5.41) is -0.449. The maximum atomic E-state index is 13.4. The van der Waals surface area contributed by atoms with Crippen molar-refractivity contribution in [2.24, 2.45) is 11.1 Å². The Kier molecular flexibility index (Phi) is 5.59. The van der Waals surface area contributed by atoms with Crippen LogP contribution in [0.25, 0.3) is 0 Å². The first-order valence-electron chi connectivity index (χ1n) is 8.37. The van der Waals surface area contributed by atoms with Gasteiger partial charge in [0.2, 0.25) is 0 Å². The van der Waals surface area contributed by atoms with Crippen molar-refractivity contribution < 1.29 is 17.5 Å². The lowest BCUT2D eigenvalue weighted by molar-refractivity contribution is 0.121. The molecular weight excluding hydrogens is 409 g/mol. The highest BCUT2D eigenvalue weighted by Crippen LogP contribution is 2.64. The van der Waals surface area contributed by atoms with E-state index in [9.17, 15) is 12.8 Å². The topological polar surface area (TPSA) is 69.4 Å². The van der Waals surface area contributed by atoms with Crippen molar-refractivity contribution in [1.82, 2.24) is 0 Å². The number of hydrogen-bond acceptors (Lipinski definition) is 4. The zero-order valence-electron chi connectivity index (χ0n) is 14.6. The van der Waals surface area contributed by atoms with E-state index in [0.717, 1.165) is 0 Å². The highest BCUT2D eigenvalue weighted by atomic mass is 35.5. The molecule has 0 aromatic heterocycles. The van der Waals surface area contributed by atoms with E-state index in [1.807, 2.05) is 6.92 Å². The molecule has 0 amide bonds. The van der Waals surface area contributed by atoms with E-state index in [2.05, 4.69) is 0 Å². The third-order valence-corrected chi connectivity index (χ3v) is 7.89. The fraction of sp³-hybridized carbons (Fsp3) is 0.316. The van der Waals surface area contributed by atoms with E-state index in [0.29, 0.717) is 17.2 Å². The van der Waals surface area contributed by atoms with Crippen molar-refractivity contribution in [3.63, 3.8) is 0 Å². The molecule has 0 bridgehead atoms. The van der Waals surface area contributed by atoms with Crippen LogP contribution in [-0.4, -0.2) is 31.9 Å². The largest absolute Gasteiger partial charge is 0.393 e. The van der Waals surface area contributed by atoms with Gasteiger partial charge in [0.05, 0.1) is 27.2 Å². The lowest BCUT2D eigenvalue weighted by atomic mass is 10.00. The summed E-state index contributed by atoms with van der Waals surface area (Å²) in [6, 6.07) is 11.7. The Morgan fingerprint density at radius 3 is 2.33 bits per heavy atom. The second-order valence-electron chi connectivity index (χ2n) is 6.49. The third kappa shape index (κ3) is 3.49. The molecule has 2 aromatic carbocycles. The predicted octanol–water partition coefficient (Wildman–Crippen LogP) is 3.73. The maximum absolute atomic E-state index is 13.4. The first-order chi connectivity index (χ1) is 12.7. The number of benzene rings is 2. The number of halogens is 2. The van der Waals surface area contributed by atoms with Gasteiger partial charge in [0.1, 0.15) is 5.82 Å². The maximum Gasteiger partial charge on any atom is 0.182 e. The van der Waals surface area contributed by atoms with Crippen LogP contribution in [0.5, 0.6) is 0 Å². The molecule has 0 heterocycles. The highest BCUT2D eigenvalue weighted by molar-refractivity contribution is 7.92. The molecule has 0 radical (unpaired) electrons. The summed E-state index contributed by atoms with van der Waals surface area (Å²) in [5.74, 6) is -0.912. The normalized spacial score (nSPS) is 24.6. The molecular formula is C19H19ClFNO3S2. The summed E-state index contributed by atoms with van der Waals surface area (Å²) in [4.78, 5) is 0.214. The molecule has 0 aliphatic heterocycles. The average Bonchev–Trinajstić information content (AvgIpc) is 3.32. The molecule has 144 valence electrons. The van der Waals surface area contributed by atoms with Crippen LogP contribution >= 0.6 is 23.8 Å². The Labute approximate surface area is 168 Å². The Morgan fingerprint density at radius 2 is 1.81 bits per heavy atom. The van der Waals surface area contributed by atoms with Gasteiger partial charge in [-0.2, -0.15) is 0 Å². The van der Waals surface area contributed by atoms with E-state index in [-0.39, 0.29) is 16.5 Å². The number of hydrogen-bond donors (Lipinski definition) is 1. The molecule has 8 heteroatoms. The molecule has 0 spiro atoms. The smallest absolute Gasteiger partial charge is 0.182 e. The van der Waals surface area contributed by atoms with Crippen LogP contribution < -0.4 is 5.73 Å². The molecule has 27 heavy (non-hydrogen) atoms. The van der Waals surface area contributed by atoms with Crippen molar-refractivity contribution in [2.45, 2.75) is 23.0 Å². The van der Waals surface area contributed by atoms with Gasteiger partial charge >= 0.3 is 0 Å². The minimum atomic E-state index is -3.77.